The molecule has 4 heteroatoms. The molecule has 0 aliphatic carbocycles. The molecule has 0 aliphatic heterocycles. The fraction of sp³-hybridized carbons (Fsp3) is 0.500. The predicted octanol–water partition coefficient (Wildman–Crippen LogP) is 2.39. The van der Waals surface area contributed by atoms with Gasteiger partial charge in [0.05, 0.1) is 0 Å². The van der Waals surface area contributed by atoms with Crippen LogP contribution in [0.4, 0.5) is 0 Å². The van der Waals surface area contributed by atoms with Gasteiger partial charge in [-0.1, -0.05) is 36.8 Å². The van der Waals surface area contributed by atoms with Crippen LogP contribution in [0.15, 0.2) is 30.6 Å². The van der Waals surface area contributed by atoms with E-state index < -0.39 is 0 Å². The molecule has 0 fully saturated rings. The molecule has 2 rings (SSSR count). The van der Waals surface area contributed by atoms with E-state index in [4.69, 9.17) is 0 Å². The molecule has 1 N–H and O–H groups in total. The molecule has 1 aromatic carbocycles. The monoisotopic (exact) mass is 273 g/mol. The van der Waals surface area contributed by atoms with E-state index in [0.29, 0.717) is 0 Å². The molecule has 0 saturated heterocycles. The third-order valence-electron chi connectivity index (χ3n) is 3.47. The summed E-state index contributed by atoms with van der Waals surface area (Å²) in [6, 6.07) is 8.46. The summed E-state index contributed by atoms with van der Waals surface area (Å²) < 4.78 is 1.94. The topological polar surface area (TPSA) is 50.9 Å². The number of rotatable bonds is 7. The molecule has 20 heavy (non-hydrogen) atoms. The van der Waals surface area contributed by atoms with Crippen molar-refractivity contribution in [2.24, 2.45) is 5.92 Å². The van der Waals surface area contributed by atoms with E-state index in [1.807, 2.05) is 4.68 Å². The Morgan fingerprint density at radius 2 is 2.15 bits per heavy atom. The van der Waals surface area contributed by atoms with Crippen LogP contribution in [0.3, 0.4) is 0 Å². The van der Waals surface area contributed by atoms with Gasteiger partial charge in [-0.3, -0.25) is 4.68 Å². The lowest BCUT2D eigenvalue weighted by molar-refractivity contribution is 0.221. The fourth-order valence-electron chi connectivity index (χ4n) is 2.48. The quantitative estimate of drug-likeness (QED) is 0.842. The van der Waals surface area contributed by atoms with Crippen molar-refractivity contribution in [1.82, 2.24) is 14.8 Å². The van der Waals surface area contributed by atoms with Crippen molar-refractivity contribution in [1.29, 1.82) is 0 Å². The zero-order valence-corrected chi connectivity index (χ0v) is 12.3. The number of aliphatic hydroxyl groups is 1. The van der Waals surface area contributed by atoms with Gasteiger partial charge in [0.25, 0.3) is 0 Å². The van der Waals surface area contributed by atoms with Crippen LogP contribution in [0, 0.1) is 12.8 Å². The second-order valence-corrected chi connectivity index (χ2v) is 5.35. The number of aryl methyl sites for hydroxylation is 2. The molecule has 108 valence electrons. The van der Waals surface area contributed by atoms with Gasteiger partial charge in [-0.15, -0.1) is 0 Å². The van der Waals surface area contributed by atoms with Crippen LogP contribution in [-0.4, -0.2) is 26.5 Å². The molecule has 0 saturated carbocycles. The Morgan fingerprint density at radius 3 is 2.85 bits per heavy atom. The van der Waals surface area contributed by atoms with Crippen LogP contribution in [0.2, 0.25) is 0 Å². The number of nitrogens with zero attached hydrogens (tertiary/aromatic N) is 3. The zero-order chi connectivity index (χ0) is 14.4. The standard InChI is InChI=1S/C16H23N3O/c1-3-7-19-16(17-12-18-19)10-15(11-20)9-14-6-4-5-13(2)8-14/h4-6,8,12,15,20H,3,7,9-11H2,1-2H3. The van der Waals surface area contributed by atoms with E-state index in [-0.39, 0.29) is 12.5 Å². The first-order valence-corrected chi connectivity index (χ1v) is 7.26. The van der Waals surface area contributed by atoms with E-state index in [1.165, 1.54) is 11.1 Å². The van der Waals surface area contributed by atoms with Gasteiger partial charge in [0.15, 0.2) is 0 Å². The Bertz CT molecular complexity index is 536. The largest absolute Gasteiger partial charge is 0.396 e. The Labute approximate surface area is 120 Å². The molecule has 1 atom stereocenters. The highest BCUT2D eigenvalue weighted by atomic mass is 16.3. The molecular formula is C16H23N3O. The number of aromatic nitrogens is 3. The maximum absolute atomic E-state index is 9.62. The van der Waals surface area contributed by atoms with E-state index >= 15 is 0 Å². The van der Waals surface area contributed by atoms with Gasteiger partial charge in [0, 0.05) is 19.6 Å². The average Bonchev–Trinajstić information content (AvgIpc) is 2.86. The van der Waals surface area contributed by atoms with Crippen molar-refractivity contribution in [3.05, 3.63) is 47.5 Å². The summed E-state index contributed by atoms with van der Waals surface area (Å²) in [6.07, 6.45) is 4.28. The van der Waals surface area contributed by atoms with Gasteiger partial charge in [-0.25, -0.2) is 4.98 Å². The summed E-state index contributed by atoms with van der Waals surface area (Å²) in [5.41, 5.74) is 2.53. The molecule has 0 bridgehead atoms. The van der Waals surface area contributed by atoms with Crippen LogP contribution in [0.5, 0.6) is 0 Å². The minimum atomic E-state index is 0.174. The lowest BCUT2D eigenvalue weighted by Gasteiger charge is -2.14. The second-order valence-electron chi connectivity index (χ2n) is 5.35. The van der Waals surface area contributed by atoms with Crippen molar-refractivity contribution >= 4 is 0 Å². The van der Waals surface area contributed by atoms with Gasteiger partial charge in [0.2, 0.25) is 0 Å². The normalized spacial score (nSPS) is 12.6. The molecule has 1 heterocycles. The van der Waals surface area contributed by atoms with Crippen molar-refractivity contribution in [3.63, 3.8) is 0 Å². The SMILES string of the molecule is CCCn1ncnc1CC(CO)Cc1cccc(C)c1. The Hall–Kier alpha value is -1.68. The Balaban J connectivity index is 2.03. The maximum Gasteiger partial charge on any atom is 0.138 e. The predicted molar refractivity (Wildman–Crippen MR) is 79.5 cm³/mol. The summed E-state index contributed by atoms with van der Waals surface area (Å²) in [4.78, 5) is 4.32. The lowest BCUT2D eigenvalue weighted by Crippen LogP contribution is -2.17. The number of aliphatic hydroxyl groups excluding tert-OH is 1. The highest BCUT2D eigenvalue weighted by Crippen LogP contribution is 2.14. The summed E-state index contributed by atoms with van der Waals surface area (Å²) in [7, 11) is 0. The highest BCUT2D eigenvalue weighted by molar-refractivity contribution is 5.22. The molecule has 0 aliphatic rings. The van der Waals surface area contributed by atoms with Crippen molar-refractivity contribution < 1.29 is 5.11 Å². The molecular weight excluding hydrogens is 250 g/mol. The molecule has 1 aromatic heterocycles. The second kappa shape index (κ2) is 7.20. The minimum absolute atomic E-state index is 0.174. The van der Waals surface area contributed by atoms with E-state index in [2.05, 4.69) is 48.2 Å². The average molecular weight is 273 g/mol. The Morgan fingerprint density at radius 1 is 1.30 bits per heavy atom. The van der Waals surface area contributed by atoms with E-state index in [1.54, 1.807) is 6.33 Å². The van der Waals surface area contributed by atoms with E-state index in [9.17, 15) is 5.11 Å². The van der Waals surface area contributed by atoms with Gasteiger partial charge >= 0.3 is 0 Å². The lowest BCUT2D eigenvalue weighted by atomic mass is 9.96. The summed E-state index contributed by atoms with van der Waals surface area (Å²) in [5.74, 6) is 1.16. The third-order valence-corrected chi connectivity index (χ3v) is 3.47. The number of hydrogen-bond donors (Lipinski definition) is 1. The first kappa shape index (κ1) is 14.7. The molecule has 4 nitrogen and oxygen atoms in total. The first-order chi connectivity index (χ1) is 9.72. The summed E-state index contributed by atoms with van der Waals surface area (Å²) in [6.45, 7) is 5.28. The third kappa shape index (κ3) is 3.90. The van der Waals surface area contributed by atoms with Crippen LogP contribution < -0.4 is 0 Å². The molecule has 2 aromatic rings. The van der Waals surface area contributed by atoms with Crippen LogP contribution in [0.25, 0.3) is 0 Å². The van der Waals surface area contributed by atoms with Crippen LogP contribution in [0.1, 0.15) is 30.3 Å². The first-order valence-electron chi connectivity index (χ1n) is 7.26. The molecule has 0 radical (unpaired) electrons. The van der Waals surface area contributed by atoms with Crippen molar-refractivity contribution in [3.8, 4) is 0 Å². The van der Waals surface area contributed by atoms with Crippen molar-refractivity contribution in [2.75, 3.05) is 6.61 Å². The minimum Gasteiger partial charge on any atom is -0.396 e. The van der Waals surface area contributed by atoms with Crippen LogP contribution in [-0.2, 0) is 19.4 Å². The van der Waals surface area contributed by atoms with Gasteiger partial charge in [-0.05, 0) is 31.2 Å². The molecule has 1 unspecified atom stereocenters. The van der Waals surface area contributed by atoms with Gasteiger partial charge < -0.3 is 5.11 Å². The molecule has 0 spiro atoms. The van der Waals surface area contributed by atoms with Crippen molar-refractivity contribution in [2.45, 2.75) is 39.7 Å². The molecule has 0 amide bonds. The van der Waals surface area contributed by atoms with Gasteiger partial charge in [0.1, 0.15) is 12.2 Å². The van der Waals surface area contributed by atoms with Crippen LogP contribution >= 0.6 is 0 Å². The highest BCUT2D eigenvalue weighted by Gasteiger charge is 2.14. The fourth-order valence-corrected chi connectivity index (χ4v) is 2.48. The maximum atomic E-state index is 9.62. The Kier molecular flexibility index (Phi) is 5.30. The van der Waals surface area contributed by atoms with Gasteiger partial charge in [-0.2, -0.15) is 5.10 Å². The zero-order valence-electron chi connectivity index (χ0n) is 12.3. The number of hydrogen-bond acceptors (Lipinski definition) is 3. The smallest absolute Gasteiger partial charge is 0.138 e. The number of benzene rings is 1. The summed E-state index contributed by atoms with van der Waals surface area (Å²) in [5, 5.41) is 13.9. The summed E-state index contributed by atoms with van der Waals surface area (Å²) >= 11 is 0. The van der Waals surface area contributed by atoms with E-state index in [0.717, 1.165) is 31.6 Å².